The number of hydrogen-bond donors (Lipinski definition) is 2. The van der Waals surface area contributed by atoms with Crippen molar-refractivity contribution in [3.05, 3.63) is 35.4 Å². The van der Waals surface area contributed by atoms with Crippen LogP contribution in [-0.2, 0) is 17.8 Å². The molecule has 1 aliphatic carbocycles. The Morgan fingerprint density at radius 3 is 2.42 bits per heavy atom. The molecular weight excluding hydrogens is 324 g/mol. The number of rotatable bonds is 6. The third-order valence-corrected chi connectivity index (χ3v) is 5.19. The van der Waals surface area contributed by atoms with Crippen LogP contribution < -0.4 is 10.6 Å². The molecule has 1 aliphatic heterocycles. The Morgan fingerprint density at radius 2 is 1.81 bits per heavy atom. The van der Waals surface area contributed by atoms with E-state index in [0.717, 1.165) is 38.1 Å². The molecular formula is C21H34N4O. The largest absolute Gasteiger partial charge is 0.373 e. The van der Waals surface area contributed by atoms with Crippen molar-refractivity contribution in [3.63, 3.8) is 0 Å². The maximum absolute atomic E-state index is 5.86. The Balaban J connectivity index is 1.65. The maximum Gasteiger partial charge on any atom is 0.191 e. The fourth-order valence-electron chi connectivity index (χ4n) is 3.70. The molecule has 0 spiro atoms. The van der Waals surface area contributed by atoms with E-state index in [4.69, 9.17) is 9.73 Å². The van der Waals surface area contributed by atoms with Crippen LogP contribution in [0, 0.1) is 5.92 Å². The lowest BCUT2D eigenvalue weighted by Crippen LogP contribution is -2.44. The number of hydrogen-bond acceptors (Lipinski definition) is 3. The summed E-state index contributed by atoms with van der Waals surface area (Å²) in [5.41, 5.74) is 2.67. The lowest BCUT2D eigenvalue weighted by atomic mass is 10.1. The smallest absolute Gasteiger partial charge is 0.191 e. The highest BCUT2D eigenvalue weighted by Crippen LogP contribution is 2.28. The van der Waals surface area contributed by atoms with Gasteiger partial charge in [0.25, 0.3) is 0 Å². The Morgan fingerprint density at radius 1 is 1.15 bits per heavy atom. The van der Waals surface area contributed by atoms with Gasteiger partial charge in [0.05, 0.1) is 18.8 Å². The molecule has 4 atom stereocenters. The van der Waals surface area contributed by atoms with Crippen LogP contribution in [0.1, 0.15) is 45.2 Å². The van der Waals surface area contributed by atoms with E-state index in [-0.39, 0.29) is 0 Å². The van der Waals surface area contributed by atoms with Crippen LogP contribution in [0.5, 0.6) is 0 Å². The number of morpholine rings is 1. The van der Waals surface area contributed by atoms with Crippen molar-refractivity contribution in [2.45, 2.75) is 65.5 Å². The third kappa shape index (κ3) is 5.45. The highest BCUT2D eigenvalue weighted by atomic mass is 16.5. The molecule has 1 aromatic carbocycles. The summed E-state index contributed by atoms with van der Waals surface area (Å²) in [5, 5.41) is 6.91. The van der Waals surface area contributed by atoms with Crippen molar-refractivity contribution in [1.82, 2.24) is 15.5 Å². The van der Waals surface area contributed by atoms with Gasteiger partial charge in [-0.2, -0.15) is 0 Å². The predicted molar refractivity (Wildman–Crippen MR) is 107 cm³/mol. The van der Waals surface area contributed by atoms with Gasteiger partial charge in [0.15, 0.2) is 5.96 Å². The Kier molecular flexibility index (Phi) is 6.54. The normalized spacial score (nSPS) is 29.5. The van der Waals surface area contributed by atoms with Gasteiger partial charge in [-0.1, -0.05) is 31.2 Å². The van der Waals surface area contributed by atoms with Crippen LogP contribution in [0.25, 0.3) is 0 Å². The monoisotopic (exact) mass is 358 g/mol. The van der Waals surface area contributed by atoms with Crippen LogP contribution in [0.15, 0.2) is 29.3 Å². The Bertz CT molecular complexity index is 608. The third-order valence-electron chi connectivity index (χ3n) is 5.19. The van der Waals surface area contributed by atoms with E-state index in [1.54, 1.807) is 0 Å². The predicted octanol–water partition coefficient (Wildman–Crippen LogP) is 2.76. The van der Waals surface area contributed by atoms with Crippen molar-refractivity contribution in [1.29, 1.82) is 0 Å². The zero-order chi connectivity index (χ0) is 18.5. The first-order valence-electron chi connectivity index (χ1n) is 10.0. The van der Waals surface area contributed by atoms with Crippen LogP contribution >= 0.6 is 0 Å². The first-order chi connectivity index (χ1) is 12.5. The fraction of sp³-hybridized carbons (Fsp3) is 0.667. The molecule has 4 unspecified atom stereocenters. The van der Waals surface area contributed by atoms with Crippen LogP contribution in [0.2, 0.25) is 0 Å². The molecule has 5 nitrogen and oxygen atoms in total. The Hall–Kier alpha value is -1.59. The summed E-state index contributed by atoms with van der Waals surface area (Å²) in [5.74, 6) is 1.70. The van der Waals surface area contributed by atoms with Crippen LogP contribution in [0.3, 0.4) is 0 Å². The van der Waals surface area contributed by atoms with Gasteiger partial charge in [0.2, 0.25) is 0 Å². The van der Waals surface area contributed by atoms with E-state index in [1.165, 1.54) is 17.5 Å². The van der Waals surface area contributed by atoms with Gasteiger partial charge in [0, 0.05) is 32.2 Å². The van der Waals surface area contributed by atoms with Gasteiger partial charge < -0.3 is 15.4 Å². The molecule has 1 heterocycles. The lowest BCUT2D eigenvalue weighted by Gasteiger charge is -2.35. The molecule has 0 aromatic heterocycles. The zero-order valence-electron chi connectivity index (χ0n) is 16.7. The summed E-state index contributed by atoms with van der Waals surface area (Å²) in [4.78, 5) is 7.33. The van der Waals surface area contributed by atoms with Gasteiger partial charge in [-0.15, -0.1) is 0 Å². The van der Waals surface area contributed by atoms with Crippen LogP contribution in [0.4, 0.5) is 0 Å². The van der Waals surface area contributed by atoms with Gasteiger partial charge in [-0.3, -0.25) is 4.90 Å². The number of guanidine groups is 1. The first kappa shape index (κ1) is 19.2. The molecule has 2 N–H and O–H groups in total. The quantitative estimate of drug-likeness (QED) is 0.606. The summed E-state index contributed by atoms with van der Waals surface area (Å²) < 4.78 is 5.86. The maximum atomic E-state index is 5.86. The van der Waals surface area contributed by atoms with Gasteiger partial charge >= 0.3 is 0 Å². The van der Waals surface area contributed by atoms with Gasteiger partial charge in [-0.25, -0.2) is 4.99 Å². The second-order valence-electron chi connectivity index (χ2n) is 7.88. The standard InChI is InChI=1S/C21H34N4O/c1-5-22-21(24-20-10-15(20)2)23-11-18-8-6-7-9-19(18)14-25-12-16(3)26-17(4)13-25/h6-9,15-17,20H,5,10-14H2,1-4H3,(H2,22,23,24). The molecule has 1 saturated carbocycles. The molecule has 144 valence electrons. The van der Waals surface area contributed by atoms with Crippen LogP contribution in [-0.4, -0.2) is 48.7 Å². The van der Waals surface area contributed by atoms with E-state index in [0.29, 0.717) is 24.8 Å². The molecule has 0 bridgehead atoms. The summed E-state index contributed by atoms with van der Waals surface area (Å²) in [6.45, 7) is 13.3. The first-order valence-corrected chi connectivity index (χ1v) is 10.0. The van der Waals surface area contributed by atoms with Gasteiger partial charge in [-0.05, 0) is 44.2 Å². The topological polar surface area (TPSA) is 48.9 Å². The zero-order valence-corrected chi connectivity index (χ0v) is 16.7. The molecule has 1 aromatic rings. The average molecular weight is 359 g/mol. The van der Waals surface area contributed by atoms with E-state index in [9.17, 15) is 0 Å². The SMILES string of the molecule is CCNC(=NCc1ccccc1CN1CC(C)OC(C)C1)NC1CC1C. The fourth-order valence-corrected chi connectivity index (χ4v) is 3.70. The average Bonchev–Trinajstić information content (AvgIpc) is 3.28. The van der Waals surface area contributed by atoms with E-state index in [2.05, 4.69) is 67.5 Å². The second-order valence-corrected chi connectivity index (χ2v) is 7.88. The number of aliphatic imine (C=N–C) groups is 1. The van der Waals surface area contributed by atoms with E-state index in [1.807, 2.05) is 0 Å². The number of nitrogens with one attached hydrogen (secondary N) is 2. The molecule has 26 heavy (non-hydrogen) atoms. The van der Waals surface area contributed by atoms with Crippen molar-refractivity contribution in [3.8, 4) is 0 Å². The van der Waals surface area contributed by atoms with Crippen molar-refractivity contribution in [2.75, 3.05) is 19.6 Å². The number of nitrogens with zero attached hydrogens (tertiary/aromatic N) is 2. The molecule has 2 fully saturated rings. The lowest BCUT2D eigenvalue weighted by molar-refractivity contribution is -0.0705. The minimum absolute atomic E-state index is 0.300. The minimum Gasteiger partial charge on any atom is -0.373 e. The van der Waals surface area contributed by atoms with E-state index < -0.39 is 0 Å². The molecule has 3 rings (SSSR count). The highest BCUT2D eigenvalue weighted by Gasteiger charge is 2.33. The highest BCUT2D eigenvalue weighted by molar-refractivity contribution is 5.80. The summed E-state index contributed by atoms with van der Waals surface area (Å²) in [6, 6.07) is 9.27. The minimum atomic E-state index is 0.300. The number of benzene rings is 1. The van der Waals surface area contributed by atoms with E-state index >= 15 is 0 Å². The molecule has 0 radical (unpaired) electrons. The van der Waals surface area contributed by atoms with Crippen molar-refractivity contribution in [2.24, 2.45) is 10.9 Å². The summed E-state index contributed by atoms with van der Waals surface area (Å²) in [6.07, 6.45) is 1.84. The molecule has 2 aliphatic rings. The second kappa shape index (κ2) is 8.87. The number of ether oxygens (including phenoxy) is 1. The summed E-state index contributed by atoms with van der Waals surface area (Å²) >= 11 is 0. The van der Waals surface area contributed by atoms with Crippen molar-refractivity contribution >= 4 is 5.96 Å². The van der Waals surface area contributed by atoms with Gasteiger partial charge in [0.1, 0.15) is 0 Å². The molecule has 0 amide bonds. The van der Waals surface area contributed by atoms with Crippen molar-refractivity contribution < 1.29 is 4.74 Å². The molecule has 1 saturated heterocycles. The Labute approximate surface area is 158 Å². The summed E-state index contributed by atoms with van der Waals surface area (Å²) in [7, 11) is 0. The molecule has 5 heteroatoms.